The van der Waals surface area contributed by atoms with E-state index in [0.717, 1.165) is 10.9 Å². The van der Waals surface area contributed by atoms with Crippen LogP contribution >= 0.6 is 12.2 Å². The highest BCUT2D eigenvalue weighted by Crippen LogP contribution is 2.27. The Balaban J connectivity index is 2.22. The molecule has 2 aromatic rings. The van der Waals surface area contributed by atoms with Crippen LogP contribution < -0.4 is 15.8 Å². The number of carbonyl (C=O) groups excluding carboxylic acids is 1. The van der Waals surface area contributed by atoms with E-state index >= 15 is 0 Å². The zero-order valence-electron chi connectivity index (χ0n) is 10.1. The first-order valence-corrected chi connectivity index (χ1v) is 6.12. The molecule has 6 heteroatoms. The minimum absolute atomic E-state index is 0.0927. The van der Waals surface area contributed by atoms with Crippen LogP contribution in [0, 0.1) is 6.92 Å². The smallest absolute Gasteiger partial charge is 0.336 e. The fourth-order valence-corrected chi connectivity index (χ4v) is 2.38. The second-order valence-electron chi connectivity index (χ2n) is 4.32. The highest BCUT2D eigenvalue weighted by atomic mass is 32.1. The van der Waals surface area contributed by atoms with E-state index in [4.69, 9.17) is 16.6 Å². The van der Waals surface area contributed by atoms with Crippen molar-refractivity contribution in [2.45, 2.75) is 6.92 Å². The molecule has 1 N–H and O–H groups in total. The van der Waals surface area contributed by atoms with Crippen LogP contribution in [-0.2, 0) is 4.79 Å². The van der Waals surface area contributed by atoms with Crippen LogP contribution in [0.1, 0.15) is 5.56 Å². The van der Waals surface area contributed by atoms with Crippen molar-refractivity contribution < 1.29 is 9.21 Å². The number of hydrogen-bond donors (Lipinski definition) is 1. The normalized spacial score (nSPS) is 15.1. The summed E-state index contributed by atoms with van der Waals surface area (Å²) < 4.78 is 5.11. The Kier molecular flexibility index (Phi) is 2.60. The van der Waals surface area contributed by atoms with E-state index in [1.54, 1.807) is 18.2 Å². The van der Waals surface area contributed by atoms with Gasteiger partial charge in [0, 0.05) is 11.5 Å². The van der Waals surface area contributed by atoms with E-state index < -0.39 is 5.63 Å². The van der Waals surface area contributed by atoms with E-state index in [2.05, 4.69) is 5.32 Å². The molecule has 3 rings (SSSR count). The lowest BCUT2D eigenvalue weighted by molar-refractivity contribution is -0.115. The number of amides is 1. The van der Waals surface area contributed by atoms with Gasteiger partial charge in [0.2, 0.25) is 0 Å². The Morgan fingerprint density at radius 1 is 1.32 bits per heavy atom. The van der Waals surface area contributed by atoms with E-state index in [9.17, 15) is 9.59 Å². The molecular weight excluding hydrogens is 264 g/mol. The maximum atomic E-state index is 11.8. The van der Waals surface area contributed by atoms with Crippen LogP contribution in [-0.4, -0.2) is 17.6 Å². The summed E-state index contributed by atoms with van der Waals surface area (Å²) in [5, 5.41) is 3.98. The summed E-state index contributed by atoms with van der Waals surface area (Å²) in [7, 11) is 0. The lowest BCUT2D eigenvalue weighted by Crippen LogP contribution is -2.31. The number of aryl methyl sites for hydroxylation is 1. The second-order valence-corrected chi connectivity index (χ2v) is 4.71. The molecule has 0 aliphatic carbocycles. The van der Waals surface area contributed by atoms with Gasteiger partial charge in [-0.25, -0.2) is 4.79 Å². The number of nitrogens with zero attached hydrogens (tertiary/aromatic N) is 1. The summed E-state index contributed by atoms with van der Waals surface area (Å²) >= 11 is 5.12. The number of hydrogen-bond acceptors (Lipinski definition) is 4. The van der Waals surface area contributed by atoms with Crippen molar-refractivity contribution in [3.8, 4) is 0 Å². The van der Waals surface area contributed by atoms with Gasteiger partial charge in [-0.1, -0.05) is 0 Å². The number of thiocarbonyl (C=S) groups is 1. The third-order valence-electron chi connectivity index (χ3n) is 3.02. The van der Waals surface area contributed by atoms with Gasteiger partial charge >= 0.3 is 5.63 Å². The van der Waals surface area contributed by atoms with Gasteiger partial charge in [-0.3, -0.25) is 9.69 Å². The molecule has 0 unspecified atom stereocenters. The molecule has 1 saturated heterocycles. The van der Waals surface area contributed by atoms with E-state index in [-0.39, 0.29) is 12.5 Å². The van der Waals surface area contributed by atoms with Gasteiger partial charge in [-0.15, -0.1) is 0 Å². The Morgan fingerprint density at radius 2 is 2.11 bits per heavy atom. The van der Waals surface area contributed by atoms with E-state index in [1.165, 1.54) is 11.0 Å². The van der Waals surface area contributed by atoms with Crippen molar-refractivity contribution in [2.24, 2.45) is 0 Å². The standard InChI is InChI=1S/C13H10N2O3S/c1-7-4-10-8(2-3-12(17)18-10)5-9(7)15-11(16)6-14-13(15)19/h2-5H,6H2,1H3,(H,14,19). The topological polar surface area (TPSA) is 62.6 Å². The van der Waals surface area contributed by atoms with Gasteiger partial charge < -0.3 is 9.73 Å². The SMILES string of the molecule is Cc1cc2oc(=O)ccc2cc1N1C(=O)CNC1=S. The Labute approximate surface area is 113 Å². The fraction of sp³-hybridized carbons (Fsp3) is 0.154. The van der Waals surface area contributed by atoms with E-state index in [0.29, 0.717) is 16.4 Å². The highest BCUT2D eigenvalue weighted by Gasteiger charge is 2.28. The number of fused-ring (bicyclic) bond motifs is 1. The minimum Gasteiger partial charge on any atom is -0.423 e. The second kappa shape index (κ2) is 4.17. The van der Waals surface area contributed by atoms with Crippen LogP contribution in [0.2, 0.25) is 0 Å². The maximum absolute atomic E-state index is 11.8. The van der Waals surface area contributed by atoms with Gasteiger partial charge in [0.25, 0.3) is 5.91 Å². The Bertz CT molecular complexity index is 750. The lowest BCUT2D eigenvalue weighted by atomic mass is 10.1. The highest BCUT2D eigenvalue weighted by molar-refractivity contribution is 7.80. The van der Waals surface area contributed by atoms with Crippen molar-refractivity contribution in [1.82, 2.24) is 5.32 Å². The molecule has 1 aliphatic heterocycles. The molecule has 1 aliphatic rings. The monoisotopic (exact) mass is 274 g/mol. The Hall–Kier alpha value is -2.21. The summed E-state index contributed by atoms with van der Waals surface area (Å²) in [6.45, 7) is 2.05. The van der Waals surface area contributed by atoms with Crippen LogP contribution in [0.5, 0.6) is 0 Å². The van der Waals surface area contributed by atoms with E-state index in [1.807, 2.05) is 6.92 Å². The van der Waals surface area contributed by atoms with Crippen LogP contribution in [0.25, 0.3) is 11.0 Å². The van der Waals surface area contributed by atoms with Crippen molar-refractivity contribution in [3.63, 3.8) is 0 Å². The molecule has 5 nitrogen and oxygen atoms in total. The van der Waals surface area contributed by atoms with Crippen molar-refractivity contribution in [1.29, 1.82) is 0 Å². The first-order valence-electron chi connectivity index (χ1n) is 5.71. The minimum atomic E-state index is -0.394. The number of carbonyl (C=O) groups is 1. The molecule has 0 radical (unpaired) electrons. The number of anilines is 1. The predicted molar refractivity (Wildman–Crippen MR) is 75.3 cm³/mol. The summed E-state index contributed by atoms with van der Waals surface area (Å²) in [5.74, 6) is -0.0927. The molecule has 1 amide bonds. The Morgan fingerprint density at radius 3 is 2.79 bits per heavy atom. The third kappa shape index (κ3) is 1.90. The first-order chi connectivity index (χ1) is 9.06. The van der Waals surface area contributed by atoms with Crippen molar-refractivity contribution >= 4 is 39.9 Å². The molecule has 96 valence electrons. The zero-order valence-corrected chi connectivity index (χ0v) is 10.9. The molecule has 1 aromatic heterocycles. The zero-order chi connectivity index (χ0) is 13.6. The number of nitrogens with one attached hydrogen (secondary N) is 1. The van der Waals surface area contributed by atoms with Gasteiger partial charge in [-0.05, 0) is 42.9 Å². The fourth-order valence-electron chi connectivity index (χ4n) is 2.11. The average Bonchev–Trinajstić information content (AvgIpc) is 2.68. The first kappa shape index (κ1) is 11.9. The van der Waals surface area contributed by atoms with Crippen molar-refractivity contribution in [2.75, 3.05) is 11.4 Å². The summed E-state index contributed by atoms with van der Waals surface area (Å²) in [6, 6.07) is 6.55. The molecule has 1 aromatic carbocycles. The molecule has 1 fully saturated rings. The summed E-state index contributed by atoms with van der Waals surface area (Å²) in [4.78, 5) is 24.5. The maximum Gasteiger partial charge on any atom is 0.336 e. The van der Waals surface area contributed by atoms with Crippen LogP contribution in [0.4, 0.5) is 5.69 Å². The third-order valence-corrected chi connectivity index (χ3v) is 3.35. The molecular formula is C13H10N2O3S. The molecule has 0 spiro atoms. The number of rotatable bonds is 1. The predicted octanol–water partition coefficient (Wildman–Crippen LogP) is 1.32. The van der Waals surface area contributed by atoms with Crippen LogP contribution in [0.15, 0.2) is 33.5 Å². The van der Waals surface area contributed by atoms with Gasteiger partial charge in [0.15, 0.2) is 5.11 Å². The summed E-state index contributed by atoms with van der Waals surface area (Å²) in [5.41, 5.74) is 1.64. The molecule has 0 atom stereocenters. The van der Waals surface area contributed by atoms with Gasteiger partial charge in [0.05, 0.1) is 12.2 Å². The molecule has 2 heterocycles. The van der Waals surface area contributed by atoms with Crippen molar-refractivity contribution in [3.05, 3.63) is 40.2 Å². The summed E-state index contributed by atoms with van der Waals surface area (Å²) in [6.07, 6.45) is 0. The largest absolute Gasteiger partial charge is 0.423 e. The molecule has 19 heavy (non-hydrogen) atoms. The van der Waals surface area contributed by atoms with Gasteiger partial charge in [-0.2, -0.15) is 0 Å². The average molecular weight is 274 g/mol. The molecule has 0 saturated carbocycles. The van der Waals surface area contributed by atoms with Crippen LogP contribution in [0.3, 0.4) is 0 Å². The number of benzene rings is 1. The lowest BCUT2D eigenvalue weighted by Gasteiger charge is -2.17. The molecule has 0 bridgehead atoms. The quantitative estimate of drug-likeness (QED) is 0.628. The van der Waals surface area contributed by atoms with Gasteiger partial charge in [0.1, 0.15) is 5.58 Å².